The van der Waals surface area contributed by atoms with Crippen molar-refractivity contribution in [3.05, 3.63) is 28.5 Å². The standard InChI is InChI=1S/C18H21BrFN7O3S/c1-18(2,3)30-14(28)10-27-15(22-25-26-27)16-23-24-17(31-16)21-7-4-8-29-13-9-11(20)5-6-12(13)19/h5-6,9H,4,7-8,10H2,1-3H3,(H,21,24). The lowest BCUT2D eigenvalue weighted by molar-refractivity contribution is -0.155. The fraction of sp³-hybridized carbons (Fsp3) is 0.444. The van der Waals surface area contributed by atoms with Gasteiger partial charge in [-0.05, 0) is 65.7 Å². The number of tetrazole rings is 1. The van der Waals surface area contributed by atoms with Crippen LogP contribution in [-0.4, -0.2) is 55.1 Å². The third kappa shape index (κ3) is 6.92. The Hall–Kier alpha value is -2.67. The minimum atomic E-state index is -0.598. The first-order valence-electron chi connectivity index (χ1n) is 9.35. The van der Waals surface area contributed by atoms with Crippen LogP contribution in [0, 0.1) is 5.82 Å². The second-order valence-corrected chi connectivity index (χ2v) is 9.19. The molecule has 0 saturated heterocycles. The molecule has 0 spiro atoms. The van der Waals surface area contributed by atoms with Crippen molar-refractivity contribution in [2.45, 2.75) is 39.3 Å². The molecule has 10 nitrogen and oxygen atoms in total. The third-order valence-corrected chi connectivity index (χ3v) is 5.13. The van der Waals surface area contributed by atoms with Crippen molar-refractivity contribution in [2.75, 3.05) is 18.5 Å². The van der Waals surface area contributed by atoms with E-state index in [9.17, 15) is 9.18 Å². The molecule has 0 aliphatic heterocycles. The van der Waals surface area contributed by atoms with Gasteiger partial charge in [-0.1, -0.05) is 11.3 Å². The molecule has 31 heavy (non-hydrogen) atoms. The molecule has 0 atom stereocenters. The molecule has 0 radical (unpaired) electrons. The summed E-state index contributed by atoms with van der Waals surface area (Å²) in [6, 6.07) is 4.29. The van der Waals surface area contributed by atoms with Crippen molar-refractivity contribution >= 4 is 38.4 Å². The average Bonchev–Trinajstić information content (AvgIpc) is 3.31. The largest absolute Gasteiger partial charge is 0.492 e. The van der Waals surface area contributed by atoms with Crippen molar-refractivity contribution in [3.63, 3.8) is 0 Å². The Morgan fingerprint density at radius 1 is 1.29 bits per heavy atom. The lowest BCUT2D eigenvalue weighted by Gasteiger charge is -2.19. The van der Waals surface area contributed by atoms with E-state index in [2.05, 4.69) is 47.0 Å². The molecule has 2 aromatic heterocycles. The third-order valence-electron chi connectivity index (χ3n) is 3.60. The van der Waals surface area contributed by atoms with Gasteiger partial charge in [0.15, 0.2) is 5.01 Å². The van der Waals surface area contributed by atoms with Gasteiger partial charge in [-0.25, -0.2) is 9.07 Å². The van der Waals surface area contributed by atoms with E-state index in [-0.39, 0.29) is 12.4 Å². The predicted molar refractivity (Wildman–Crippen MR) is 115 cm³/mol. The van der Waals surface area contributed by atoms with Crippen LogP contribution < -0.4 is 10.1 Å². The van der Waals surface area contributed by atoms with Crippen LogP contribution in [0.2, 0.25) is 0 Å². The number of rotatable bonds is 9. The van der Waals surface area contributed by atoms with Gasteiger partial charge in [0.2, 0.25) is 11.0 Å². The normalized spacial score (nSPS) is 11.4. The summed E-state index contributed by atoms with van der Waals surface area (Å²) < 4.78 is 26.1. The molecule has 13 heteroatoms. The van der Waals surface area contributed by atoms with Gasteiger partial charge >= 0.3 is 5.97 Å². The first kappa shape index (κ1) is 23.0. The molecule has 0 aliphatic rings. The van der Waals surface area contributed by atoms with Gasteiger partial charge in [0.25, 0.3) is 0 Å². The molecule has 1 aromatic carbocycles. The Balaban J connectivity index is 1.49. The molecular weight excluding hydrogens is 493 g/mol. The number of carbonyl (C=O) groups is 1. The highest BCUT2D eigenvalue weighted by molar-refractivity contribution is 9.10. The molecule has 0 bridgehead atoms. The number of hydrogen-bond donors (Lipinski definition) is 1. The lowest BCUT2D eigenvalue weighted by Crippen LogP contribution is -2.27. The summed E-state index contributed by atoms with van der Waals surface area (Å²) in [6.45, 7) is 6.20. The maximum atomic E-state index is 13.3. The Morgan fingerprint density at radius 3 is 2.87 bits per heavy atom. The van der Waals surface area contributed by atoms with E-state index >= 15 is 0 Å². The number of hydrogen-bond acceptors (Lipinski definition) is 10. The fourth-order valence-electron chi connectivity index (χ4n) is 2.38. The SMILES string of the molecule is CC(C)(C)OC(=O)Cn1nnnc1-c1nnc(NCCCOc2cc(F)ccc2Br)s1. The zero-order valence-corrected chi connectivity index (χ0v) is 19.5. The van der Waals surface area contributed by atoms with Crippen LogP contribution in [0.3, 0.4) is 0 Å². The second-order valence-electron chi connectivity index (χ2n) is 7.36. The Labute approximate surface area is 190 Å². The van der Waals surface area contributed by atoms with Crippen molar-refractivity contribution < 1.29 is 18.7 Å². The number of benzene rings is 1. The predicted octanol–water partition coefficient (Wildman–Crippen LogP) is 3.32. The summed E-state index contributed by atoms with van der Waals surface area (Å²) in [5.41, 5.74) is -0.598. The number of esters is 1. The van der Waals surface area contributed by atoms with E-state index < -0.39 is 11.6 Å². The van der Waals surface area contributed by atoms with E-state index in [1.165, 1.54) is 28.2 Å². The Bertz CT molecular complexity index is 1040. The summed E-state index contributed by atoms with van der Waals surface area (Å²) in [7, 11) is 0. The van der Waals surface area contributed by atoms with Crippen molar-refractivity contribution in [1.82, 2.24) is 30.4 Å². The highest BCUT2D eigenvalue weighted by atomic mass is 79.9. The number of halogens is 2. The van der Waals surface area contributed by atoms with E-state index in [0.29, 0.717) is 45.8 Å². The number of nitrogens with zero attached hydrogens (tertiary/aromatic N) is 6. The second kappa shape index (κ2) is 10.1. The first-order valence-corrected chi connectivity index (χ1v) is 11.0. The number of nitrogens with one attached hydrogen (secondary N) is 1. The van der Waals surface area contributed by atoms with Crippen molar-refractivity contribution in [3.8, 4) is 16.6 Å². The number of aromatic nitrogens is 6. The maximum Gasteiger partial charge on any atom is 0.328 e. The molecule has 0 fully saturated rings. The van der Waals surface area contributed by atoms with E-state index in [1.54, 1.807) is 26.8 Å². The highest BCUT2D eigenvalue weighted by Crippen LogP contribution is 2.26. The minimum absolute atomic E-state index is 0.130. The lowest BCUT2D eigenvalue weighted by atomic mass is 10.2. The number of ether oxygens (including phenoxy) is 2. The van der Waals surface area contributed by atoms with Gasteiger partial charge in [0, 0.05) is 12.6 Å². The van der Waals surface area contributed by atoms with E-state index in [1.807, 2.05) is 0 Å². The average molecular weight is 514 g/mol. The van der Waals surface area contributed by atoms with Crippen LogP contribution in [0.1, 0.15) is 27.2 Å². The van der Waals surface area contributed by atoms with Gasteiger partial charge in [0.05, 0.1) is 11.1 Å². The number of carbonyl (C=O) groups excluding carboxylic acids is 1. The molecule has 3 rings (SSSR count). The van der Waals surface area contributed by atoms with Gasteiger partial charge in [-0.3, -0.25) is 4.79 Å². The maximum absolute atomic E-state index is 13.3. The smallest absolute Gasteiger partial charge is 0.328 e. The molecule has 2 heterocycles. The monoisotopic (exact) mass is 513 g/mol. The Kier molecular flexibility index (Phi) is 7.49. The van der Waals surface area contributed by atoms with E-state index in [0.717, 1.165) is 0 Å². The van der Waals surface area contributed by atoms with Gasteiger partial charge in [0.1, 0.15) is 23.7 Å². The summed E-state index contributed by atoms with van der Waals surface area (Å²) in [4.78, 5) is 12.0. The van der Waals surface area contributed by atoms with Crippen LogP contribution >= 0.6 is 27.3 Å². The zero-order chi connectivity index (χ0) is 22.4. The Morgan fingerprint density at radius 2 is 2.10 bits per heavy atom. The summed E-state index contributed by atoms with van der Waals surface area (Å²) in [5, 5.41) is 23.7. The molecule has 0 saturated carbocycles. The zero-order valence-electron chi connectivity index (χ0n) is 17.1. The molecule has 0 amide bonds. The molecule has 0 aliphatic carbocycles. The van der Waals surface area contributed by atoms with Crippen molar-refractivity contribution in [2.24, 2.45) is 0 Å². The van der Waals surface area contributed by atoms with Gasteiger partial charge < -0.3 is 14.8 Å². The quantitative estimate of drug-likeness (QED) is 0.339. The molecule has 0 unspecified atom stereocenters. The van der Waals surface area contributed by atoms with Crippen LogP contribution in [0.4, 0.5) is 9.52 Å². The van der Waals surface area contributed by atoms with Crippen LogP contribution in [0.25, 0.3) is 10.8 Å². The summed E-state index contributed by atoms with van der Waals surface area (Å²) in [5.74, 6) is -0.0220. The van der Waals surface area contributed by atoms with E-state index in [4.69, 9.17) is 9.47 Å². The molecule has 3 aromatic rings. The highest BCUT2D eigenvalue weighted by Gasteiger charge is 2.21. The van der Waals surface area contributed by atoms with Gasteiger partial charge in [-0.2, -0.15) is 0 Å². The van der Waals surface area contributed by atoms with Gasteiger partial charge in [-0.15, -0.1) is 15.3 Å². The molecule has 1 N–H and O–H groups in total. The first-order chi connectivity index (χ1) is 14.7. The minimum Gasteiger partial charge on any atom is -0.492 e. The number of anilines is 1. The fourth-order valence-corrected chi connectivity index (χ4v) is 3.50. The summed E-state index contributed by atoms with van der Waals surface area (Å²) >= 11 is 4.58. The topological polar surface area (TPSA) is 117 Å². The van der Waals surface area contributed by atoms with Crippen LogP contribution in [0.5, 0.6) is 5.75 Å². The summed E-state index contributed by atoms with van der Waals surface area (Å²) in [6.07, 6.45) is 0.661. The van der Waals surface area contributed by atoms with Crippen molar-refractivity contribution in [1.29, 1.82) is 0 Å². The van der Waals surface area contributed by atoms with Crippen LogP contribution in [0.15, 0.2) is 22.7 Å². The van der Waals surface area contributed by atoms with Crippen LogP contribution in [-0.2, 0) is 16.1 Å². The molecular formula is C18H21BrFN7O3S. The molecule has 166 valence electrons.